The van der Waals surface area contributed by atoms with Crippen LogP contribution in [0.2, 0.25) is 0 Å². The Bertz CT molecular complexity index is 1700. The molecule has 1 unspecified atom stereocenters. The summed E-state index contributed by atoms with van der Waals surface area (Å²) < 4.78 is 47.3. The molecule has 1 aromatic heterocycles. The second-order valence-corrected chi connectivity index (χ2v) is 10.0. The van der Waals surface area contributed by atoms with Crippen molar-refractivity contribution in [1.82, 2.24) is 9.88 Å². The zero-order valence-electron chi connectivity index (χ0n) is 22.9. The Morgan fingerprint density at radius 3 is 2.50 bits per heavy atom. The summed E-state index contributed by atoms with van der Waals surface area (Å²) in [5.74, 6) is -4.85. The molecule has 0 bridgehead atoms. The molecule has 0 saturated carbocycles. The highest BCUT2D eigenvalue weighted by Crippen LogP contribution is 2.35. The number of pyridine rings is 1. The van der Waals surface area contributed by atoms with Gasteiger partial charge >= 0.3 is 0 Å². The van der Waals surface area contributed by atoms with E-state index in [0.29, 0.717) is 0 Å². The number of carbonyl (C=O) groups excluding carboxylic acids is 1. The number of aromatic nitrogens is 1. The van der Waals surface area contributed by atoms with Gasteiger partial charge in [0.1, 0.15) is 5.56 Å². The normalized spacial score (nSPS) is 15.6. The maximum Gasteiger partial charge on any atom is 0.263 e. The first-order chi connectivity index (χ1) is 20.3. The summed E-state index contributed by atoms with van der Waals surface area (Å²) >= 11 is 0. The number of fused-ring (bicyclic) bond motifs is 1. The van der Waals surface area contributed by atoms with E-state index >= 15 is 0 Å². The van der Waals surface area contributed by atoms with Crippen molar-refractivity contribution in [2.24, 2.45) is 0 Å². The molecule has 1 atom stereocenters. The monoisotopic (exact) mass is 570 g/mol. The van der Waals surface area contributed by atoms with Crippen LogP contribution >= 0.6 is 0 Å². The van der Waals surface area contributed by atoms with Gasteiger partial charge in [-0.2, -0.15) is 0 Å². The topological polar surface area (TPSA) is 60.3 Å². The van der Waals surface area contributed by atoms with Crippen molar-refractivity contribution < 1.29 is 22.7 Å². The third-order valence-electron chi connectivity index (χ3n) is 7.22. The molecule has 4 aromatic rings. The number of halogens is 3. The van der Waals surface area contributed by atoms with Gasteiger partial charge in [-0.15, -0.1) is 0 Å². The van der Waals surface area contributed by atoms with Crippen molar-refractivity contribution in [3.63, 3.8) is 0 Å². The predicted octanol–water partition coefficient (Wildman–Crippen LogP) is 6.26. The smallest absolute Gasteiger partial charge is 0.263 e. The number of benzene rings is 3. The maximum absolute atomic E-state index is 13.6. The molecule has 1 N–H and O–H groups in total. The van der Waals surface area contributed by atoms with Gasteiger partial charge in [0.2, 0.25) is 0 Å². The van der Waals surface area contributed by atoms with Gasteiger partial charge in [-0.1, -0.05) is 60.7 Å². The molecule has 1 aliphatic rings. The molecular formula is C34H29F3N2O3. The summed E-state index contributed by atoms with van der Waals surface area (Å²) in [6.45, 7) is -0.0385. The van der Waals surface area contributed by atoms with Gasteiger partial charge in [0, 0.05) is 19.9 Å². The molecule has 42 heavy (non-hydrogen) atoms. The zero-order valence-corrected chi connectivity index (χ0v) is 22.9. The Morgan fingerprint density at radius 1 is 1.00 bits per heavy atom. The molecule has 0 spiro atoms. The molecule has 0 aliphatic heterocycles. The molecule has 8 heteroatoms. The van der Waals surface area contributed by atoms with Crippen LogP contribution in [0.5, 0.6) is 0 Å². The number of nitrogens with one attached hydrogen (secondary N) is 1. The van der Waals surface area contributed by atoms with E-state index in [1.807, 2.05) is 30.3 Å². The van der Waals surface area contributed by atoms with Crippen molar-refractivity contribution in [2.45, 2.75) is 25.5 Å². The molecule has 0 radical (unpaired) electrons. The average Bonchev–Trinajstić information content (AvgIpc) is 2.99. The van der Waals surface area contributed by atoms with Gasteiger partial charge < -0.3 is 14.6 Å². The highest BCUT2D eigenvalue weighted by atomic mass is 19.2. The minimum Gasteiger partial charge on any atom is -0.377 e. The number of hydrogen-bond donors (Lipinski definition) is 1. The Labute approximate surface area is 241 Å². The number of amides is 1. The summed E-state index contributed by atoms with van der Waals surface area (Å²) in [5.41, 5.74) is 4.94. The fraction of sp³-hybridized carbons (Fsp3) is 0.176. The summed E-state index contributed by atoms with van der Waals surface area (Å²) in [7, 11) is 1.73. The number of carbonyl (C=O) groups is 1. The molecule has 5 nitrogen and oxygen atoms in total. The minimum absolute atomic E-state index is 0.0231. The van der Waals surface area contributed by atoms with Gasteiger partial charge in [0.05, 0.1) is 12.6 Å². The van der Waals surface area contributed by atoms with Crippen LogP contribution < -0.4 is 10.9 Å². The lowest BCUT2D eigenvalue weighted by Crippen LogP contribution is -2.33. The van der Waals surface area contributed by atoms with Crippen LogP contribution in [0.25, 0.3) is 17.7 Å². The van der Waals surface area contributed by atoms with Crippen LogP contribution in [-0.4, -0.2) is 30.2 Å². The SMILES string of the molecule is COC1CCc2cc(/C=C/CNC(=O)c3cccn(Cc4cc(F)c(F)c(F)c4)c3=O)ccc2/C1=C\c1ccccc1. The number of aryl methyl sites for hydroxylation is 1. The molecule has 214 valence electrons. The molecule has 1 heterocycles. The van der Waals surface area contributed by atoms with E-state index in [1.54, 1.807) is 13.2 Å². The van der Waals surface area contributed by atoms with E-state index in [1.165, 1.54) is 23.9 Å². The van der Waals surface area contributed by atoms with E-state index in [9.17, 15) is 22.8 Å². The van der Waals surface area contributed by atoms with Crippen molar-refractivity contribution in [3.05, 3.63) is 146 Å². The molecular weight excluding hydrogens is 541 g/mol. The van der Waals surface area contributed by atoms with Gasteiger partial charge in [-0.05, 0) is 76.6 Å². The van der Waals surface area contributed by atoms with Crippen LogP contribution in [0.3, 0.4) is 0 Å². The van der Waals surface area contributed by atoms with Gasteiger partial charge in [-0.3, -0.25) is 9.59 Å². The molecule has 0 fully saturated rings. The third kappa shape index (κ3) is 6.44. The summed E-state index contributed by atoms with van der Waals surface area (Å²) in [6.07, 6.45) is 9.06. The quantitative estimate of drug-likeness (QED) is 0.255. The van der Waals surface area contributed by atoms with Crippen molar-refractivity contribution in [2.75, 3.05) is 13.7 Å². The fourth-order valence-electron chi connectivity index (χ4n) is 5.14. The predicted molar refractivity (Wildman–Crippen MR) is 157 cm³/mol. The van der Waals surface area contributed by atoms with Gasteiger partial charge in [0.25, 0.3) is 11.5 Å². The highest BCUT2D eigenvalue weighted by Gasteiger charge is 2.24. The Kier molecular flexibility index (Phi) is 8.83. The summed E-state index contributed by atoms with van der Waals surface area (Å²) in [4.78, 5) is 25.6. The number of hydrogen-bond acceptors (Lipinski definition) is 3. The van der Waals surface area contributed by atoms with E-state index in [0.717, 1.165) is 51.8 Å². The van der Waals surface area contributed by atoms with E-state index < -0.39 is 28.9 Å². The van der Waals surface area contributed by atoms with E-state index in [-0.39, 0.29) is 30.3 Å². The number of rotatable bonds is 8. The van der Waals surface area contributed by atoms with Crippen LogP contribution in [0.1, 0.15) is 44.6 Å². The first-order valence-corrected chi connectivity index (χ1v) is 13.5. The molecule has 5 rings (SSSR count). The minimum atomic E-state index is -1.58. The molecule has 1 aliphatic carbocycles. The van der Waals surface area contributed by atoms with E-state index in [4.69, 9.17) is 4.74 Å². The number of ether oxygens (including phenoxy) is 1. The van der Waals surface area contributed by atoms with Crippen molar-refractivity contribution in [3.8, 4) is 0 Å². The number of nitrogens with zero attached hydrogens (tertiary/aromatic N) is 1. The lowest BCUT2D eigenvalue weighted by Gasteiger charge is -2.27. The molecule has 0 saturated heterocycles. The van der Waals surface area contributed by atoms with Crippen molar-refractivity contribution in [1.29, 1.82) is 0 Å². The fourth-order valence-corrected chi connectivity index (χ4v) is 5.14. The third-order valence-corrected chi connectivity index (χ3v) is 7.22. The first kappa shape index (κ1) is 28.8. The summed E-state index contributed by atoms with van der Waals surface area (Å²) in [6, 6.07) is 20.9. The molecule has 3 aromatic carbocycles. The van der Waals surface area contributed by atoms with Crippen LogP contribution in [-0.2, 0) is 17.7 Å². The largest absolute Gasteiger partial charge is 0.377 e. The Morgan fingerprint density at radius 2 is 1.76 bits per heavy atom. The highest BCUT2D eigenvalue weighted by molar-refractivity contribution is 5.94. The second kappa shape index (κ2) is 12.9. The van der Waals surface area contributed by atoms with Gasteiger partial charge in [-0.25, -0.2) is 13.2 Å². The Balaban J connectivity index is 1.25. The molecule has 1 amide bonds. The lowest BCUT2D eigenvalue weighted by atomic mass is 9.83. The van der Waals surface area contributed by atoms with Crippen LogP contribution in [0.15, 0.2) is 89.9 Å². The average molecular weight is 571 g/mol. The van der Waals surface area contributed by atoms with Gasteiger partial charge in [0.15, 0.2) is 17.5 Å². The standard InChI is InChI=1S/C34H29F3N2O3/c1-42-31-14-12-25-17-23(11-13-26(25)28(31)18-22-7-3-2-4-8-22)9-5-15-38-33(40)27-10-6-16-39(34(27)41)21-24-19-29(35)32(37)30(36)20-24/h2-11,13,16-20,31H,12,14-15,21H2,1H3,(H,38,40)/b9-5+,28-18+. The van der Waals surface area contributed by atoms with Crippen LogP contribution in [0.4, 0.5) is 13.2 Å². The lowest BCUT2D eigenvalue weighted by molar-refractivity contribution is 0.0956. The second-order valence-electron chi connectivity index (χ2n) is 10.0. The van der Waals surface area contributed by atoms with E-state index in [2.05, 4.69) is 35.7 Å². The number of methoxy groups -OCH3 is 1. The Hall–Kier alpha value is -4.69. The van der Waals surface area contributed by atoms with Crippen molar-refractivity contribution >= 4 is 23.6 Å². The van der Waals surface area contributed by atoms with Crippen LogP contribution in [0, 0.1) is 17.5 Å². The summed E-state index contributed by atoms with van der Waals surface area (Å²) in [5, 5.41) is 2.70. The maximum atomic E-state index is 13.6. The zero-order chi connectivity index (χ0) is 29.6. The first-order valence-electron chi connectivity index (χ1n) is 13.5.